The number of nitrogens with zero attached hydrogens (tertiary/aromatic N) is 5. The summed E-state index contributed by atoms with van der Waals surface area (Å²) in [6.07, 6.45) is 2.42. The summed E-state index contributed by atoms with van der Waals surface area (Å²) in [5.74, 6) is 0.658. The number of hydrogen-bond donors (Lipinski definition) is 5. The lowest BCUT2D eigenvalue weighted by atomic mass is 9.73. The second-order valence-electron chi connectivity index (χ2n) is 9.40. The maximum Gasteiger partial charge on any atom is 0.233 e. The van der Waals surface area contributed by atoms with Gasteiger partial charge in [-0.25, -0.2) is 15.0 Å². The molecule has 3 aromatic rings. The number of pyridine rings is 1. The Labute approximate surface area is 212 Å². The van der Waals surface area contributed by atoms with E-state index in [9.17, 15) is 15.3 Å². The van der Waals surface area contributed by atoms with Crippen LogP contribution >= 0.6 is 11.6 Å². The lowest BCUT2D eigenvalue weighted by Gasteiger charge is -2.41. The van der Waals surface area contributed by atoms with Crippen molar-refractivity contribution in [2.75, 3.05) is 37.8 Å². The van der Waals surface area contributed by atoms with E-state index in [0.29, 0.717) is 40.5 Å². The summed E-state index contributed by atoms with van der Waals surface area (Å²) in [7, 11) is 0. The Morgan fingerprint density at radius 2 is 2.03 bits per heavy atom. The van der Waals surface area contributed by atoms with Gasteiger partial charge in [0.1, 0.15) is 28.0 Å². The molecule has 2 aliphatic rings. The number of nitrogens with one attached hydrogen (secondary N) is 1. The number of ether oxygens (including phenoxy) is 2. The van der Waals surface area contributed by atoms with Crippen molar-refractivity contribution in [3.8, 4) is 17.1 Å². The molecule has 0 saturated carbocycles. The summed E-state index contributed by atoms with van der Waals surface area (Å²) in [5.41, 5.74) is 8.65. The third kappa shape index (κ3) is 4.27. The van der Waals surface area contributed by atoms with Gasteiger partial charge in [-0.2, -0.15) is 5.10 Å². The van der Waals surface area contributed by atoms with Crippen molar-refractivity contribution in [3.05, 3.63) is 23.0 Å². The van der Waals surface area contributed by atoms with E-state index >= 15 is 0 Å². The van der Waals surface area contributed by atoms with E-state index in [2.05, 4.69) is 25.1 Å². The molecule has 36 heavy (non-hydrogen) atoms. The lowest BCUT2D eigenvalue weighted by molar-refractivity contribution is 0.0598. The zero-order valence-corrected chi connectivity index (χ0v) is 20.6. The molecule has 13 heteroatoms. The van der Waals surface area contributed by atoms with Gasteiger partial charge >= 0.3 is 0 Å². The predicted octanol–water partition coefficient (Wildman–Crippen LogP) is 0.625. The Morgan fingerprint density at radius 3 is 2.67 bits per heavy atom. The molecule has 5 rings (SSSR count). The Morgan fingerprint density at radius 1 is 1.28 bits per heavy atom. The molecule has 5 heterocycles. The maximum absolute atomic E-state index is 10.1. The van der Waals surface area contributed by atoms with Crippen LogP contribution in [0.4, 0.5) is 5.82 Å². The zero-order valence-electron chi connectivity index (χ0n) is 19.9. The highest BCUT2D eigenvalue weighted by Gasteiger charge is 2.47. The highest BCUT2D eigenvalue weighted by Crippen LogP contribution is 2.42. The van der Waals surface area contributed by atoms with Gasteiger partial charge in [0.05, 0.1) is 32.5 Å². The largest absolute Gasteiger partial charge is 0.468 e. The van der Waals surface area contributed by atoms with E-state index in [0.717, 1.165) is 25.9 Å². The molecule has 2 fully saturated rings. The van der Waals surface area contributed by atoms with E-state index in [-0.39, 0.29) is 35.1 Å². The van der Waals surface area contributed by atoms with Crippen LogP contribution < -0.4 is 15.4 Å². The zero-order chi connectivity index (χ0) is 25.4. The van der Waals surface area contributed by atoms with E-state index in [1.54, 1.807) is 6.07 Å². The first-order valence-corrected chi connectivity index (χ1v) is 12.3. The fraction of sp³-hybridized carbons (Fsp3) is 0.565. The van der Waals surface area contributed by atoms with Crippen molar-refractivity contribution < 1.29 is 24.8 Å². The number of aliphatic hydroxyl groups excluding tert-OH is 3. The highest BCUT2D eigenvalue weighted by molar-refractivity contribution is 6.34. The topological polar surface area (TPSA) is 176 Å². The summed E-state index contributed by atoms with van der Waals surface area (Å²) >= 11 is 6.54. The lowest BCUT2D eigenvalue weighted by Crippen LogP contribution is -2.51. The van der Waals surface area contributed by atoms with Crippen molar-refractivity contribution in [2.24, 2.45) is 11.1 Å². The third-order valence-corrected chi connectivity index (χ3v) is 7.66. The minimum Gasteiger partial charge on any atom is -0.468 e. The van der Waals surface area contributed by atoms with Gasteiger partial charge in [0.25, 0.3) is 0 Å². The minimum atomic E-state index is -0.859. The Bertz CT molecular complexity index is 1230. The number of hydrogen-bond acceptors (Lipinski definition) is 11. The number of nitrogens with two attached hydrogens (primary N) is 1. The summed E-state index contributed by atoms with van der Waals surface area (Å²) in [4.78, 5) is 15.7. The molecule has 6 N–H and O–H groups in total. The monoisotopic (exact) mass is 519 g/mol. The minimum absolute atomic E-state index is 0.00436. The van der Waals surface area contributed by atoms with Crippen molar-refractivity contribution in [1.82, 2.24) is 25.1 Å². The first-order valence-electron chi connectivity index (χ1n) is 11.9. The SMILES string of the molecule is C[C@@H]1OCC2(CCN(c3nc4[nH]nc(-c5ccnc(OC(CO)CO)c5Cl)c4nc3CO)CC2)[C@@H]1N. The van der Waals surface area contributed by atoms with Gasteiger partial charge in [-0.05, 0) is 25.8 Å². The van der Waals surface area contributed by atoms with Crippen molar-refractivity contribution in [1.29, 1.82) is 0 Å². The molecule has 0 bridgehead atoms. The fourth-order valence-corrected chi connectivity index (χ4v) is 5.28. The molecular weight excluding hydrogens is 490 g/mol. The summed E-state index contributed by atoms with van der Waals surface area (Å²) in [5, 5.41) is 36.2. The summed E-state index contributed by atoms with van der Waals surface area (Å²) in [6, 6.07) is 1.66. The first-order chi connectivity index (χ1) is 17.4. The average Bonchev–Trinajstić information content (AvgIpc) is 3.44. The molecule has 12 nitrogen and oxygen atoms in total. The second-order valence-corrected chi connectivity index (χ2v) is 9.77. The van der Waals surface area contributed by atoms with Crippen LogP contribution in [0.2, 0.25) is 5.02 Å². The van der Waals surface area contributed by atoms with Gasteiger partial charge < -0.3 is 35.4 Å². The highest BCUT2D eigenvalue weighted by atomic mass is 35.5. The molecule has 0 aliphatic carbocycles. The quantitative estimate of drug-likeness (QED) is 0.296. The number of rotatable bonds is 7. The molecule has 1 spiro atoms. The van der Waals surface area contributed by atoms with Crippen LogP contribution in [-0.4, -0.2) is 91.6 Å². The van der Waals surface area contributed by atoms with E-state index in [1.807, 2.05) is 6.92 Å². The third-order valence-electron chi connectivity index (χ3n) is 7.30. The number of H-pyrrole nitrogens is 1. The molecule has 3 aromatic heterocycles. The molecular formula is C23H30ClN7O5. The number of piperidine rings is 1. The maximum atomic E-state index is 10.1. The number of fused-ring (bicyclic) bond motifs is 1. The normalized spacial score (nSPS) is 21.7. The number of anilines is 1. The van der Waals surface area contributed by atoms with Crippen molar-refractivity contribution in [2.45, 2.75) is 44.6 Å². The van der Waals surface area contributed by atoms with Crippen molar-refractivity contribution >= 4 is 28.6 Å². The number of aromatic amines is 1. The van der Waals surface area contributed by atoms with Crippen LogP contribution in [0.3, 0.4) is 0 Å². The van der Waals surface area contributed by atoms with Gasteiger partial charge in [0, 0.05) is 36.3 Å². The number of halogens is 1. The molecule has 0 amide bonds. The Hall–Kier alpha value is -2.61. The molecule has 0 aromatic carbocycles. The Kier molecular flexibility index (Phi) is 6.99. The first kappa shape index (κ1) is 25.1. The van der Waals surface area contributed by atoms with Crippen LogP contribution in [-0.2, 0) is 11.3 Å². The molecule has 194 valence electrons. The van der Waals surface area contributed by atoms with Crippen LogP contribution in [0.1, 0.15) is 25.5 Å². The van der Waals surface area contributed by atoms with Gasteiger partial charge in [-0.1, -0.05) is 11.6 Å². The number of aromatic nitrogens is 5. The summed E-state index contributed by atoms with van der Waals surface area (Å²) in [6.45, 7) is 3.06. The molecule has 2 saturated heterocycles. The smallest absolute Gasteiger partial charge is 0.233 e. The molecule has 0 unspecified atom stereocenters. The van der Waals surface area contributed by atoms with Crippen LogP contribution in [0.5, 0.6) is 5.88 Å². The summed E-state index contributed by atoms with van der Waals surface area (Å²) < 4.78 is 11.3. The van der Waals surface area contributed by atoms with Gasteiger partial charge in [0.15, 0.2) is 11.5 Å². The molecule has 2 atom stereocenters. The second kappa shape index (κ2) is 10.0. The fourth-order valence-electron chi connectivity index (χ4n) is 5.03. The average molecular weight is 520 g/mol. The van der Waals surface area contributed by atoms with E-state index in [1.165, 1.54) is 6.20 Å². The number of aliphatic hydroxyl groups is 3. The van der Waals surface area contributed by atoms with Gasteiger partial charge in [0.2, 0.25) is 5.88 Å². The van der Waals surface area contributed by atoms with Gasteiger partial charge in [-0.15, -0.1) is 0 Å². The standard InChI is InChI=1S/C23H30ClN7O5/c1-12-19(25)23(11-35-12)3-6-31(7-4-23)21-15(10-34)27-18-17(29-30-20(18)28-21)14-2-5-26-22(16(14)24)36-13(8-32)9-33/h2,5,12-13,19,32-34H,3-4,6-11,25H2,1H3,(H,28,29,30)/t12-,19+/m0/s1. The van der Waals surface area contributed by atoms with Crippen molar-refractivity contribution in [3.63, 3.8) is 0 Å². The Balaban J connectivity index is 1.44. The van der Waals surface area contributed by atoms with Gasteiger partial charge in [-0.3, -0.25) is 5.10 Å². The van der Waals surface area contributed by atoms with Crippen LogP contribution in [0, 0.1) is 5.41 Å². The predicted molar refractivity (Wildman–Crippen MR) is 132 cm³/mol. The molecule has 2 aliphatic heterocycles. The van der Waals surface area contributed by atoms with E-state index < -0.39 is 19.3 Å². The van der Waals surface area contributed by atoms with E-state index in [4.69, 9.17) is 31.8 Å². The molecule has 0 radical (unpaired) electrons. The van der Waals surface area contributed by atoms with Crippen LogP contribution in [0.25, 0.3) is 22.4 Å². The van der Waals surface area contributed by atoms with Crippen LogP contribution in [0.15, 0.2) is 12.3 Å².